The number of hydrogen-bond acceptors (Lipinski definition) is 2. The second-order valence-corrected chi connectivity index (χ2v) is 3.66. The fraction of sp³-hybridized carbons (Fsp3) is 1.00. The maximum atomic E-state index is 3.85. The van der Waals surface area contributed by atoms with Crippen LogP contribution >= 0.6 is 0 Å². The summed E-state index contributed by atoms with van der Waals surface area (Å²) < 4.78 is 7.71. The topological polar surface area (TPSA) is 24.7 Å². The van der Waals surface area contributed by atoms with Gasteiger partial charge in [-0.3, -0.25) is 0 Å². The second-order valence-electron chi connectivity index (χ2n) is 0.447. The molecule has 0 N–H and O–H groups in total. The van der Waals surface area contributed by atoms with Crippen molar-refractivity contribution in [2.45, 2.75) is 0 Å². The standard InChI is InChI=1S/2CH3N.W/c2*1-2;/h2*1H3;. The van der Waals surface area contributed by atoms with Crippen molar-refractivity contribution in [1.82, 2.24) is 0 Å². The summed E-state index contributed by atoms with van der Waals surface area (Å²) in [6.45, 7) is 0. The summed E-state index contributed by atoms with van der Waals surface area (Å²) >= 11 is -0.509. The van der Waals surface area contributed by atoms with Gasteiger partial charge in [0.1, 0.15) is 0 Å². The first-order valence-electron chi connectivity index (χ1n) is 1.26. The molecule has 0 atom stereocenters. The van der Waals surface area contributed by atoms with Gasteiger partial charge in [-0.1, -0.05) is 0 Å². The summed E-state index contributed by atoms with van der Waals surface area (Å²) in [5.74, 6) is 0. The van der Waals surface area contributed by atoms with Crippen molar-refractivity contribution in [3.8, 4) is 0 Å². The first kappa shape index (κ1) is 5.29. The second kappa shape index (κ2) is 4.29. The Morgan fingerprint density at radius 1 is 1.20 bits per heavy atom. The van der Waals surface area contributed by atoms with E-state index >= 15 is 0 Å². The van der Waals surface area contributed by atoms with Crippen LogP contribution in [0.2, 0.25) is 0 Å². The predicted octanol–water partition coefficient (Wildman–Crippen LogP) is 0.696. The Kier molecular flexibility index (Phi) is 4.54. The third-order valence-corrected chi connectivity index (χ3v) is 1.34. The van der Waals surface area contributed by atoms with E-state index in [2.05, 4.69) is 6.99 Å². The molecule has 0 unspecified atom stereocenters. The molecule has 0 aliphatic rings. The zero-order valence-corrected chi connectivity index (χ0v) is 6.24. The van der Waals surface area contributed by atoms with E-state index in [1.165, 1.54) is 0 Å². The van der Waals surface area contributed by atoms with E-state index in [-0.39, 0.29) is 0 Å². The van der Waals surface area contributed by atoms with Crippen molar-refractivity contribution < 1.29 is 18.2 Å². The van der Waals surface area contributed by atoms with E-state index in [1.807, 2.05) is 14.1 Å². The van der Waals surface area contributed by atoms with Gasteiger partial charge < -0.3 is 0 Å². The molecule has 0 saturated heterocycles. The van der Waals surface area contributed by atoms with Crippen molar-refractivity contribution in [2.24, 2.45) is 6.99 Å². The molecule has 0 bridgehead atoms. The van der Waals surface area contributed by atoms with E-state index in [0.29, 0.717) is 0 Å². The molecule has 0 fully saturated rings. The molecule has 5 heavy (non-hydrogen) atoms. The molecule has 2 nitrogen and oxygen atoms in total. The van der Waals surface area contributed by atoms with Gasteiger partial charge in [-0.2, -0.15) is 0 Å². The van der Waals surface area contributed by atoms with Gasteiger partial charge in [-0.05, 0) is 0 Å². The Hall–Kier alpha value is 0.288. The molecule has 0 aromatic heterocycles. The third-order valence-electron chi connectivity index (χ3n) is 0.163. The quantitative estimate of drug-likeness (QED) is 0.597. The normalized spacial score (nSPS) is 6.00. The van der Waals surface area contributed by atoms with Crippen LogP contribution in [-0.2, 0) is 18.2 Å². The summed E-state index contributed by atoms with van der Waals surface area (Å²) in [6.07, 6.45) is 0. The van der Waals surface area contributed by atoms with Crippen LogP contribution in [0, 0.1) is 0 Å². The summed E-state index contributed by atoms with van der Waals surface area (Å²) in [7, 11) is 3.63. The Morgan fingerprint density at radius 2 is 1.60 bits per heavy atom. The van der Waals surface area contributed by atoms with Crippen LogP contribution in [0.5, 0.6) is 0 Å². The van der Waals surface area contributed by atoms with Crippen LogP contribution < -0.4 is 0 Å². The van der Waals surface area contributed by atoms with Crippen LogP contribution in [-0.4, -0.2) is 14.1 Å². The Balaban J connectivity index is 3.26. The number of nitrogens with zero attached hydrogens (tertiary/aromatic N) is 2. The molecule has 0 heterocycles. The average molecular weight is 242 g/mol. The molecule has 0 radical (unpaired) electrons. The van der Waals surface area contributed by atoms with Crippen molar-refractivity contribution in [3.63, 3.8) is 0 Å². The summed E-state index contributed by atoms with van der Waals surface area (Å²) in [5, 5.41) is 0. The maximum absolute atomic E-state index is 3.85. The van der Waals surface area contributed by atoms with Crippen molar-refractivity contribution >= 4 is 0 Å². The first-order valence-corrected chi connectivity index (χ1v) is 3.88. The Bertz CT molecular complexity index is 56.0. The predicted molar refractivity (Wildman–Crippen MR) is 16.7 cm³/mol. The number of hydrogen-bond donors (Lipinski definition) is 0. The Labute approximate surface area is 39.8 Å². The average Bonchev–Trinajstić information content (AvgIpc) is 1.41. The summed E-state index contributed by atoms with van der Waals surface area (Å²) in [6, 6.07) is 0. The van der Waals surface area contributed by atoms with Crippen LogP contribution in [0.15, 0.2) is 6.99 Å². The van der Waals surface area contributed by atoms with Gasteiger partial charge in [-0.15, -0.1) is 0 Å². The van der Waals surface area contributed by atoms with Crippen LogP contribution in [0.25, 0.3) is 0 Å². The molecule has 0 aromatic rings. The van der Waals surface area contributed by atoms with Crippen molar-refractivity contribution in [3.05, 3.63) is 0 Å². The van der Waals surface area contributed by atoms with Gasteiger partial charge in [0.05, 0.1) is 0 Å². The van der Waals surface area contributed by atoms with Gasteiger partial charge in [0.2, 0.25) is 0 Å². The zero-order chi connectivity index (χ0) is 4.12. The van der Waals surface area contributed by atoms with E-state index in [9.17, 15) is 0 Å². The van der Waals surface area contributed by atoms with Gasteiger partial charge >= 0.3 is 39.3 Å². The van der Waals surface area contributed by atoms with Gasteiger partial charge in [-0.25, -0.2) is 0 Å². The van der Waals surface area contributed by atoms with Crippen LogP contribution in [0.4, 0.5) is 0 Å². The summed E-state index contributed by atoms with van der Waals surface area (Å²) in [4.78, 5) is 0. The molecule has 0 amide bonds. The fourth-order valence-electron chi connectivity index (χ4n) is 0.0816. The van der Waals surface area contributed by atoms with Crippen LogP contribution in [0.3, 0.4) is 0 Å². The zero-order valence-electron chi connectivity index (χ0n) is 3.30. The van der Waals surface area contributed by atoms with Gasteiger partial charge in [0.25, 0.3) is 0 Å². The molecule has 0 saturated carbocycles. The SMILES string of the molecule is C[N]=[W]=[N]C. The monoisotopic (exact) mass is 242 g/mol. The van der Waals surface area contributed by atoms with Gasteiger partial charge in [0, 0.05) is 0 Å². The minimum absolute atomic E-state index is 0.509. The van der Waals surface area contributed by atoms with E-state index in [4.69, 9.17) is 0 Å². The molecule has 0 aliphatic heterocycles. The molecule has 0 spiro atoms. The molecule has 0 aromatic carbocycles. The molecule has 0 aliphatic carbocycles. The molecular formula is C2H6N2W. The van der Waals surface area contributed by atoms with Gasteiger partial charge in [0.15, 0.2) is 0 Å². The van der Waals surface area contributed by atoms with Crippen molar-refractivity contribution in [2.75, 3.05) is 14.1 Å². The van der Waals surface area contributed by atoms with Crippen molar-refractivity contribution in [1.29, 1.82) is 0 Å². The van der Waals surface area contributed by atoms with Crippen LogP contribution in [0.1, 0.15) is 0 Å². The molecule has 0 rings (SSSR count). The van der Waals surface area contributed by atoms with E-state index in [1.54, 1.807) is 0 Å². The molecular weight excluding hydrogens is 236 g/mol. The fourth-order valence-corrected chi connectivity index (χ4v) is 0.668. The molecule has 30 valence electrons. The molecule has 3 heteroatoms. The van der Waals surface area contributed by atoms with E-state index in [0.717, 1.165) is 0 Å². The van der Waals surface area contributed by atoms with E-state index < -0.39 is 18.2 Å². The minimum atomic E-state index is -0.509. The number of rotatable bonds is 0. The first-order chi connectivity index (χ1) is 2.41. The third kappa shape index (κ3) is 4.29. The Morgan fingerprint density at radius 3 is 1.60 bits per heavy atom. The summed E-state index contributed by atoms with van der Waals surface area (Å²) in [5.41, 5.74) is 0.